The van der Waals surface area contributed by atoms with Crippen LogP contribution in [0.1, 0.15) is 29.2 Å². The van der Waals surface area contributed by atoms with Crippen molar-refractivity contribution in [1.82, 2.24) is 24.1 Å². The Morgan fingerprint density at radius 1 is 0.956 bits per heavy atom. The highest BCUT2D eigenvalue weighted by Crippen LogP contribution is 2.54. The van der Waals surface area contributed by atoms with Gasteiger partial charge >= 0.3 is 13.4 Å². The number of carbonyl (C=O) groups excluding carboxylic acids is 1. The van der Waals surface area contributed by atoms with E-state index in [1.54, 1.807) is 0 Å². The van der Waals surface area contributed by atoms with Crippen LogP contribution in [0.2, 0.25) is 0 Å². The summed E-state index contributed by atoms with van der Waals surface area (Å²) in [6.45, 7) is -9.61. The van der Waals surface area contributed by atoms with E-state index in [-0.39, 0.29) is 34.8 Å². The molecule has 7 heterocycles. The van der Waals surface area contributed by atoms with Crippen LogP contribution in [0.4, 0.5) is 16.0 Å². The summed E-state index contributed by atoms with van der Waals surface area (Å²) >= 11 is 10.4. The van der Waals surface area contributed by atoms with E-state index in [4.69, 9.17) is 56.9 Å². The SMILES string of the molecule is Nc1ncnc2c1ncn2[C@@H]1O[C@@H]2COP(O)(=S)O[C@@H]3[C@H](O)[C@@H](COP(O)(=S)O[C@H]2[C@H]1O)O[C@H]3n1cc(F)c2c1N=CCC2=O. The highest BCUT2D eigenvalue weighted by Gasteiger charge is 2.53. The molecule has 0 aromatic carbocycles. The van der Waals surface area contributed by atoms with Crippen LogP contribution in [0.15, 0.2) is 23.8 Å². The van der Waals surface area contributed by atoms with Crippen LogP contribution in [0, 0.1) is 5.82 Å². The van der Waals surface area contributed by atoms with Gasteiger partial charge < -0.3 is 48.8 Å². The molecule has 4 aliphatic heterocycles. The van der Waals surface area contributed by atoms with Gasteiger partial charge in [-0.3, -0.25) is 18.4 Å². The molecule has 3 saturated heterocycles. The molecule has 10 atom stereocenters. The van der Waals surface area contributed by atoms with Crippen LogP contribution in [-0.2, 0) is 51.2 Å². The average molecular weight is 708 g/mol. The van der Waals surface area contributed by atoms with Crippen LogP contribution in [0.3, 0.4) is 0 Å². The number of ether oxygens (including phenoxy) is 2. The molecule has 2 bridgehead atoms. The van der Waals surface area contributed by atoms with Gasteiger partial charge in [-0.2, -0.15) is 0 Å². The fourth-order valence-corrected chi connectivity index (χ4v) is 8.41. The number of hydrogen-bond acceptors (Lipinski definition) is 16. The van der Waals surface area contributed by atoms with Gasteiger partial charge in [0.25, 0.3) is 0 Å². The lowest BCUT2D eigenvalue weighted by molar-refractivity contribution is -0.0611. The van der Waals surface area contributed by atoms with E-state index in [0.29, 0.717) is 0 Å². The quantitative estimate of drug-likeness (QED) is 0.222. The van der Waals surface area contributed by atoms with E-state index in [2.05, 4.69) is 19.9 Å². The lowest BCUT2D eigenvalue weighted by Gasteiger charge is -2.28. The summed E-state index contributed by atoms with van der Waals surface area (Å²) in [7, 11) is 0. The molecule has 242 valence electrons. The van der Waals surface area contributed by atoms with Crippen molar-refractivity contribution in [2.45, 2.75) is 55.5 Å². The number of rotatable bonds is 2. The summed E-state index contributed by atoms with van der Waals surface area (Å²) < 4.78 is 51.7. The monoisotopic (exact) mass is 707 g/mol. The van der Waals surface area contributed by atoms with Gasteiger partial charge in [0.2, 0.25) is 0 Å². The van der Waals surface area contributed by atoms with Gasteiger partial charge in [-0.25, -0.2) is 24.3 Å². The van der Waals surface area contributed by atoms with Crippen molar-refractivity contribution < 1.29 is 56.8 Å². The van der Waals surface area contributed by atoms with Gasteiger partial charge in [-0.15, -0.1) is 0 Å². The summed E-state index contributed by atoms with van der Waals surface area (Å²) in [6.07, 6.45) is -6.49. The van der Waals surface area contributed by atoms with Crippen molar-refractivity contribution in [3.63, 3.8) is 0 Å². The number of aliphatic hydroxyl groups is 2. The predicted octanol–water partition coefficient (Wildman–Crippen LogP) is 0.105. The predicted molar refractivity (Wildman–Crippen MR) is 156 cm³/mol. The third-order valence-corrected chi connectivity index (χ3v) is 10.7. The van der Waals surface area contributed by atoms with Gasteiger partial charge in [-0.1, -0.05) is 0 Å². The minimum absolute atomic E-state index is 0.0876. The van der Waals surface area contributed by atoms with Crippen LogP contribution in [0.5, 0.6) is 0 Å². The first-order chi connectivity index (χ1) is 21.3. The first kappa shape index (κ1) is 31.4. The van der Waals surface area contributed by atoms with E-state index in [1.807, 2.05) is 0 Å². The van der Waals surface area contributed by atoms with E-state index >= 15 is 0 Å². The molecule has 18 nitrogen and oxygen atoms in total. The topological polar surface area (TPSA) is 240 Å². The van der Waals surface area contributed by atoms with Gasteiger partial charge in [0, 0.05) is 18.8 Å². The highest BCUT2D eigenvalue weighted by atomic mass is 32.5. The standard InChI is InChI=1S/C22H24FN7O11P2S2/c23-8-3-29(19-12(8)9(31)1-2-25-19)22-17-14(32)10(38-22)4-36-42(34,44)40-16-11(5-37-43(35,45)41-17)39-21(15(16)33)30-7-28-13-18(24)26-6-27-20(13)30/h2-3,6-7,10-11,14-17,21-22,32-33H,1,4-5H2,(H,34,44)(H,35,45)(H2,24,26,27)/t10-,11-,14-,15-,16-,17-,21-,22-,42?,43?/m1/s1. The number of fused-ring (bicyclic) bond motifs is 5. The van der Waals surface area contributed by atoms with Crippen LogP contribution in [-0.4, -0.2) is 106 Å². The molecule has 3 aromatic rings. The number of nitrogens with two attached hydrogens (primary N) is 1. The maximum atomic E-state index is 14.8. The number of aliphatic hydroxyl groups excluding tert-OH is 2. The Hall–Kier alpha value is -2.20. The first-order valence-corrected chi connectivity index (χ1v) is 18.4. The molecule has 0 amide bonds. The van der Waals surface area contributed by atoms with Crippen LogP contribution < -0.4 is 5.73 Å². The van der Waals surface area contributed by atoms with Crippen LogP contribution in [0.25, 0.3) is 11.2 Å². The first-order valence-electron chi connectivity index (χ1n) is 13.2. The molecule has 23 heteroatoms. The number of hydrogen-bond donors (Lipinski definition) is 5. The minimum atomic E-state index is -4.27. The van der Waals surface area contributed by atoms with Crippen molar-refractivity contribution in [3.8, 4) is 0 Å². The van der Waals surface area contributed by atoms with E-state index in [9.17, 15) is 29.2 Å². The van der Waals surface area contributed by atoms with Crippen molar-refractivity contribution in [2.24, 2.45) is 4.99 Å². The summed E-state index contributed by atoms with van der Waals surface area (Å²) in [6, 6.07) is 0. The molecule has 3 fully saturated rings. The second-order valence-electron chi connectivity index (χ2n) is 10.4. The van der Waals surface area contributed by atoms with Gasteiger partial charge in [0.15, 0.2) is 35.5 Å². The number of aromatic nitrogens is 5. The molecular formula is C22H24FN7O11P2S2. The molecule has 4 aliphatic rings. The summed E-state index contributed by atoms with van der Waals surface area (Å²) in [5.74, 6) is -1.41. The molecular weight excluding hydrogens is 683 g/mol. The average Bonchev–Trinajstić information content (AvgIpc) is 3.71. The molecule has 0 radical (unpaired) electrons. The molecule has 7 rings (SSSR count). The smallest absolute Gasteiger partial charge is 0.325 e. The van der Waals surface area contributed by atoms with Crippen LogP contribution >= 0.6 is 13.4 Å². The second kappa shape index (κ2) is 11.5. The number of aliphatic imine (C=N–C) groups is 1. The third-order valence-electron chi connectivity index (χ3n) is 7.60. The van der Waals surface area contributed by atoms with E-state index < -0.39 is 87.3 Å². The number of halogens is 1. The molecule has 2 unspecified atom stereocenters. The van der Waals surface area contributed by atoms with Crippen molar-refractivity contribution in [1.29, 1.82) is 0 Å². The fourth-order valence-electron chi connectivity index (χ4n) is 5.55. The lowest BCUT2D eigenvalue weighted by Crippen LogP contribution is -2.36. The number of anilines is 1. The normalized spacial score (nSPS) is 38.8. The molecule has 3 aromatic heterocycles. The Morgan fingerprint density at radius 3 is 2.40 bits per heavy atom. The molecule has 0 saturated carbocycles. The zero-order chi connectivity index (χ0) is 31.8. The zero-order valence-electron chi connectivity index (χ0n) is 22.5. The highest BCUT2D eigenvalue weighted by molar-refractivity contribution is 8.07. The Balaban J connectivity index is 1.20. The number of nitrogens with zero attached hydrogens (tertiary/aromatic N) is 6. The number of ketones is 1. The fraction of sp³-hybridized carbons (Fsp3) is 0.500. The third kappa shape index (κ3) is 5.59. The number of Topliss-reactive ketones (excluding diaryl/α,β-unsaturated/α-hetero) is 1. The Bertz CT molecular complexity index is 1810. The van der Waals surface area contributed by atoms with Gasteiger partial charge in [0.1, 0.15) is 54.3 Å². The summed E-state index contributed by atoms with van der Waals surface area (Å²) in [5.41, 5.74) is 6.06. The van der Waals surface area contributed by atoms with Crippen molar-refractivity contribution in [2.75, 3.05) is 18.9 Å². The van der Waals surface area contributed by atoms with Crippen molar-refractivity contribution >= 4 is 71.8 Å². The molecule has 45 heavy (non-hydrogen) atoms. The lowest BCUT2D eigenvalue weighted by atomic mass is 10.1. The second-order valence-corrected chi connectivity index (χ2v) is 16.0. The van der Waals surface area contributed by atoms with E-state index in [1.165, 1.54) is 23.4 Å². The molecule has 0 aliphatic carbocycles. The van der Waals surface area contributed by atoms with Crippen molar-refractivity contribution in [3.05, 3.63) is 30.2 Å². The maximum Gasteiger partial charge on any atom is 0.325 e. The summed E-state index contributed by atoms with van der Waals surface area (Å²) in [5, 5.41) is 22.4. The Labute approximate surface area is 262 Å². The Kier molecular flexibility index (Phi) is 8.02. The van der Waals surface area contributed by atoms with Gasteiger partial charge in [0.05, 0.1) is 25.1 Å². The molecule has 6 N–H and O–H groups in total. The van der Waals surface area contributed by atoms with E-state index in [0.717, 1.165) is 10.8 Å². The largest absolute Gasteiger partial charge is 0.387 e. The molecule has 0 spiro atoms. The minimum Gasteiger partial charge on any atom is -0.387 e. The number of imidazole rings is 1. The maximum absolute atomic E-state index is 14.8. The number of carbonyl (C=O) groups is 1. The Morgan fingerprint density at radius 2 is 1.64 bits per heavy atom. The summed E-state index contributed by atoms with van der Waals surface area (Å²) in [4.78, 5) is 50.7. The van der Waals surface area contributed by atoms with Gasteiger partial charge in [-0.05, 0) is 23.6 Å². The number of nitrogen functional groups attached to an aromatic ring is 1. The zero-order valence-corrected chi connectivity index (χ0v) is 26.0.